The maximum atomic E-state index is 10.7. The van der Waals surface area contributed by atoms with Crippen molar-refractivity contribution in [3.05, 3.63) is 18.2 Å². The van der Waals surface area contributed by atoms with E-state index in [1.54, 1.807) is 0 Å². The third-order valence-electron chi connectivity index (χ3n) is 5.09. The Bertz CT molecular complexity index is 431. The number of rotatable bonds is 3. The lowest BCUT2D eigenvalue weighted by Crippen LogP contribution is -2.53. The summed E-state index contributed by atoms with van der Waals surface area (Å²) in [6.45, 7) is 6.25. The molecular formula is C15H25N3O. The summed E-state index contributed by atoms with van der Waals surface area (Å²) in [6, 6.07) is 0. The Balaban J connectivity index is 1.55. The molecule has 19 heavy (non-hydrogen) atoms. The smallest absolute Gasteiger partial charge is 0.105 e. The number of nitrogens with zero attached hydrogens (tertiary/aromatic N) is 3. The van der Waals surface area contributed by atoms with Crippen LogP contribution in [0.5, 0.6) is 0 Å². The van der Waals surface area contributed by atoms with Crippen LogP contribution in [0.1, 0.15) is 37.9 Å². The highest BCUT2D eigenvalue weighted by molar-refractivity contribution is 4.96. The van der Waals surface area contributed by atoms with Crippen molar-refractivity contribution in [3.8, 4) is 0 Å². The van der Waals surface area contributed by atoms with E-state index < -0.39 is 0 Å². The summed E-state index contributed by atoms with van der Waals surface area (Å²) in [7, 11) is 0. The number of hydrogen-bond donors (Lipinski definition) is 1. The summed E-state index contributed by atoms with van der Waals surface area (Å²) in [5.41, 5.74) is -0.348. The zero-order valence-electron chi connectivity index (χ0n) is 11.9. The minimum atomic E-state index is -0.348. The van der Waals surface area contributed by atoms with Gasteiger partial charge in [-0.2, -0.15) is 0 Å². The standard InChI is InChI=1S/C15H25N3O/c1-13-16-7-9-18(13)11-10-17-8-6-15(19)5-3-2-4-14(15)12-17/h7,9,14,19H,2-6,8,10-12H2,1H3. The minimum absolute atomic E-state index is 0.348. The number of likely N-dealkylation sites (tertiary alicyclic amines) is 1. The fraction of sp³-hybridized carbons (Fsp3) is 0.800. The molecule has 0 radical (unpaired) electrons. The molecule has 2 fully saturated rings. The van der Waals surface area contributed by atoms with Crippen molar-refractivity contribution in [1.82, 2.24) is 14.5 Å². The van der Waals surface area contributed by atoms with Crippen LogP contribution < -0.4 is 0 Å². The van der Waals surface area contributed by atoms with Gasteiger partial charge in [0.25, 0.3) is 0 Å². The zero-order valence-corrected chi connectivity index (χ0v) is 11.9. The Labute approximate surface area is 115 Å². The highest BCUT2D eigenvalue weighted by Gasteiger charge is 2.42. The second-order valence-electron chi connectivity index (χ2n) is 6.26. The lowest BCUT2D eigenvalue weighted by Gasteiger charge is -2.47. The molecular weight excluding hydrogens is 238 g/mol. The second kappa shape index (κ2) is 5.25. The van der Waals surface area contributed by atoms with E-state index >= 15 is 0 Å². The van der Waals surface area contributed by atoms with Crippen molar-refractivity contribution >= 4 is 0 Å². The molecule has 1 aromatic rings. The van der Waals surface area contributed by atoms with Gasteiger partial charge in [0.2, 0.25) is 0 Å². The largest absolute Gasteiger partial charge is 0.390 e. The predicted molar refractivity (Wildman–Crippen MR) is 74.9 cm³/mol. The summed E-state index contributed by atoms with van der Waals surface area (Å²) in [4.78, 5) is 6.78. The molecule has 106 valence electrons. The van der Waals surface area contributed by atoms with Crippen LogP contribution in [0.15, 0.2) is 12.4 Å². The van der Waals surface area contributed by atoms with E-state index in [-0.39, 0.29) is 5.60 Å². The normalized spacial score (nSPS) is 32.2. The molecule has 0 bridgehead atoms. The van der Waals surface area contributed by atoms with Gasteiger partial charge in [-0.3, -0.25) is 0 Å². The molecule has 4 nitrogen and oxygen atoms in total. The van der Waals surface area contributed by atoms with Crippen molar-refractivity contribution < 1.29 is 5.11 Å². The average Bonchev–Trinajstić information content (AvgIpc) is 2.81. The van der Waals surface area contributed by atoms with Crippen molar-refractivity contribution in [3.63, 3.8) is 0 Å². The molecule has 3 rings (SSSR count). The van der Waals surface area contributed by atoms with Gasteiger partial charge in [-0.05, 0) is 26.2 Å². The van der Waals surface area contributed by atoms with Crippen LogP contribution in [0.3, 0.4) is 0 Å². The molecule has 1 N–H and O–H groups in total. The Morgan fingerprint density at radius 1 is 1.37 bits per heavy atom. The van der Waals surface area contributed by atoms with Crippen LogP contribution in [0.4, 0.5) is 0 Å². The zero-order chi connectivity index (χ0) is 13.3. The van der Waals surface area contributed by atoms with E-state index in [0.29, 0.717) is 5.92 Å². The van der Waals surface area contributed by atoms with Crippen LogP contribution >= 0.6 is 0 Å². The van der Waals surface area contributed by atoms with Crippen LogP contribution in [0.2, 0.25) is 0 Å². The number of piperidine rings is 1. The van der Waals surface area contributed by atoms with Crippen LogP contribution in [-0.4, -0.2) is 44.8 Å². The SMILES string of the molecule is Cc1nccn1CCN1CCC2(O)CCCCC2C1. The van der Waals surface area contributed by atoms with Crippen molar-refractivity contribution in [2.75, 3.05) is 19.6 Å². The molecule has 2 aliphatic rings. The van der Waals surface area contributed by atoms with Crippen LogP contribution in [0, 0.1) is 12.8 Å². The van der Waals surface area contributed by atoms with E-state index in [1.807, 2.05) is 6.20 Å². The van der Waals surface area contributed by atoms with Gasteiger partial charge >= 0.3 is 0 Å². The number of imidazole rings is 1. The molecule has 1 aromatic heterocycles. The summed E-state index contributed by atoms with van der Waals surface area (Å²) in [5.74, 6) is 1.59. The molecule has 0 aromatic carbocycles. The Kier molecular flexibility index (Phi) is 3.63. The van der Waals surface area contributed by atoms with Crippen molar-refractivity contribution in [1.29, 1.82) is 0 Å². The number of aliphatic hydroxyl groups is 1. The first-order valence-corrected chi connectivity index (χ1v) is 7.60. The van der Waals surface area contributed by atoms with E-state index in [1.165, 1.54) is 19.3 Å². The van der Waals surface area contributed by atoms with Crippen LogP contribution in [0.25, 0.3) is 0 Å². The Morgan fingerprint density at radius 3 is 3.05 bits per heavy atom. The summed E-state index contributed by atoms with van der Waals surface area (Å²) in [6.07, 6.45) is 9.61. The molecule has 1 aliphatic heterocycles. The first-order valence-electron chi connectivity index (χ1n) is 7.60. The van der Waals surface area contributed by atoms with Crippen molar-refractivity contribution in [2.45, 2.75) is 51.2 Å². The topological polar surface area (TPSA) is 41.3 Å². The van der Waals surface area contributed by atoms with Gasteiger partial charge in [0, 0.05) is 44.5 Å². The van der Waals surface area contributed by atoms with E-state index in [4.69, 9.17) is 0 Å². The highest BCUT2D eigenvalue weighted by atomic mass is 16.3. The number of fused-ring (bicyclic) bond motifs is 1. The molecule has 1 aliphatic carbocycles. The second-order valence-corrected chi connectivity index (χ2v) is 6.26. The number of aromatic nitrogens is 2. The van der Waals surface area contributed by atoms with Crippen molar-refractivity contribution in [2.24, 2.45) is 5.92 Å². The Morgan fingerprint density at radius 2 is 2.26 bits per heavy atom. The van der Waals surface area contributed by atoms with Gasteiger partial charge in [-0.25, -0.2) is 4.98 Å². The van der Waals surface area contributed by atoms with Gasteiger partial charge in [0.1, 0.15) is 5.82 Å². The highest BCUT2D eigenvalue weighted by Crippen LogP contribution is 2.39. The van der Waals surface area contributed by atoms with Gasteiger partial charge in [0.15, 0.2) is 0 Å². The summed E-state index contributed by atoms with van der Waals surface area (Å²) < 4.78 is 2.21. The van der Waals surface area contributed by atoms with Gasteiger partial charge in [-0.1, -0.05) is 12.8 Å². The minimum Gasteiger partial charge on any atom is -0.390 e. The number of aryl methyl sites for hydroxylation is 1. The van der Waals surface area contributed by atoms with E-state index in [0.717, 1.165) is 44.8 Å². The molecule has 0 amide bonds. The fourth-order valence-electron chi connectivity index (χ4n) is 3.73. The maximum absolute atomic E-state index is 10.7. The first-order chi connectivity index (χ1) is 9.17. The molecule has 2 unspecified atom stereocenters. The molecule has 4 heteroatoms. The lowest BCUT2D eigenvalue weighted by molar-refractivity contribution is -0.0955. The first kappa shape index (κ1) is 13.1. The Hall–Kier alpha value is -0.870. The number of hydrogen-bond acceptors (Lipinski definition) is 3. The molecule has 2 heterocycles. The third-order valence-corrected chi connectivity index (χ3v) is 5.09. The molecule has 2 atom stereocenters. The van der Waals surface area contributed by atoms with Crippen LogP contribution in [-0.2, 0) is 6.54 Å². The molecule has 0 spiro atoms. The van der Waals surface area contributed by atoms with Gasteiger partial charge < -0.3 is 14.6 Å². The van der Waals surface area contributed by atoms with E-state index in [2.05, 4.69) is 27.6 Å². The predicted octanol–water partition coefficient (Wildman–Crippen LogP) is 1.82. The van der Waals surface area contributed by atoms with Gasteiger partial charge in [0.05, 0.1) is 5.60 Å². The molecule has 1 saturated heterocycles. The van der Waals surface area contributed by atoms with Gasteiger partial charge in [-0.15, -0.1) is 0 Å². The summed E-state index contributed by atoms with van der Waals surface area (Å²) in [5, 5.41) is 10.7. The summed E-state index contributed by atoms with van der Waals surface area (Å²) >= 11 is 0. The average molecular weight is 263 g/mol. The quantitative estimate of drug-likeness (QED) is 0.904. The maximum Gasteiger partial charge on any atom is 0.105 e. The molecule has 1 saturated carbocycles. The van der Waals surface area contributed by atoms with E-state index in [9.17, 15) is 5.11 Å². The monoisotopic (exact) mass is 263 g/mol. The third kappa shape index (κ3) is 2.70. The lowest BCUT2D eigenvalue weighted by atomic mass is 9.71. The fourth-order valence-corrected chi connectivity index (χ4v) is 3.73.